The van der Waals surface area contributed by atoms with Crippen LogP contribution >= 0.6 is 0 Å². The van der Waals surface area contributed by atoms with Crippen LogP contribution in [-0.2, 0) is 19.4 Å². The van der Waals surface area contributed by atoms with Crippen LogP contribution in [0.4, 0.5) is 0 Å². The van der Waals surface area contributed by atoms with Crippen molar-refractivity contribution in [2.75, 3.05) is 6.26 Å². The lowest BCUT2D eigenvalue weighted by Gasteiger charge is -2.22. The molecular weight excluding hydrogens is 482 g/mol. The Morgan fingerprint density at radius 2 is 1.57 bits per heavy atom. The van der Waals surface area contributed by atoms with Crippen molar-refractivity contribution >= 4 is 37.9 Å². The van der Waals surface area contributed by atoms with Crippen molar-refractivity contribution in [1.82, 2.24) is 4.98 Å². The first-order valence-corrected chi connectivity index (χ1v) is 14.1. The molecule has 37 heavy (non-hydrogen) atoms. The highest BCUT2D eigenvalue weighted by molar-refractivity contribution is 7.90. The number of esters is 1. The third-order valence-corrected chi connectivity index (χ3v) is 7.96. The monoisotopic (exact) mass is 511 g/mol. The van der Waals surface area contributed by atoms with E-state index >= 15 is 0 Å². The highest BCUT2D eigenvalue weighted by Gasteiger charge is 2.41. The van der Waals surface area contributed by atoms with Crippen molar-refractivity contribution in [3.8, 4) is 11.1 Å². The van der Waals surface area contributed by atoms with Crippen molar-refractivity contribution in [2.45, 2.75) is 44.1 Å². The summed E-state index contributed by atoms with van der Waals surface area (Å²) in [5, 5.41) is 1.08. The topological polar surface area (TPSA) is 73.3 Å². The van der Waals surface area contributed by atoms with Gasteiger partial charge in [0.15, 0.2) is 9.84 Å². The minimum Gasteiger partial charge on any atom is -0.451 e. The number of hydrogen-bond acceptors (Lipinski definition) is 5. The van der Waals surface area contributed by atoms with E-state index in [4.69, 9.17) is 4.74 Å². The number of sulfone groups is 1. The summed E-state index contributed by atoms with van der Waals surface area (Å²) in [6.07, 6.45) is 2.97. The van der Waals surface area contributed by atoms with Crippen LogP contribution in [0.1, 0.15) is 50.3 Å². The summed E-state index contributed by atoms with van der Waals surface area (Å²) in [5.41, 5.74) is 6.03. The van der Waals surface area contributed by atoms with Crippen LogP contribution in [0, 0.1) is 0 Å². The maximum absolute atomic E-state index is 13.1. The largest absolute Gasteiger partial charge is 0.451 e. The first kappa shape index (κ1) is 24.9. The summed E-state index contributed by atoms with van der Waals surface area (Å²) >= 11 is 0. The van der Waals surface area contributed by atoms with Gasteiger partial charge in [-0.1, -0.05) is 50.2 Å². The lowest BCUT2D eigenvalue weighted by atomic mass is 9.85. The fraction of sp³-hybridized carbons (Fsp3) is 0.226. The molecule has 2 heterocycles. The second-order valence-electron chi connectivity index (χ2n) is 10.3. The average Bonchev–Trinajstić information content (AvgIpc) is 3.10. The van der Waals surface area contributed by atoms with Gasteiger partial charge in [-0.25, -0.2) is 13.2 Å². The predicted octanol–water partition coefficient (Wildman–Crippen LogP) is 6.67. The maximum Gasteiger partial charge on any atom is 0.340 e. The number of benzene rings is 3. The van der Waals surface area contributed by atoms with E-state index in [0.717, 1.165) is 39.4 Å². The van der Waals surface area contributed by atoms with E-state index in [2.05, 4.69) is 49.2 Å². The molecule has 0 unspecified atom stereocenters. The van der Waals surface area contributed by atoms with Crippen molar-refractivity contribution in [3.05, 3.63) is 95.7 Å². The van der Waals surface area contributed by atoms with E-state index < -0.39 is 21.4 Å². The Bertz CT molecular complexity index is 1680. The Labute approximate surface area is 217 Å². The fourth-order valence-electron chi connectivity index (χ4n) is 4.97. The summed E-state index contributed by atoms with van der Waals surface area (Å²) in [5.74, 6) is -0.0676. The Morgan fingerprint density at radius 1 is 0.865 bits per heavy atom. The van der Waals surface area contributed by atoms with Gasteiger partial charge in [0.2, 0.25) is 0 Å². The molecule has 0 bridgehead atoms. The predicted molar refractivity (Wildman–Crippen MR) is 148 cm³/mol. The third kappa shape index (κ3) is 4.58. The smallest absolute Gasteiger partial charge is 0.340 e. The molecule has 0 amide bonds. The quantitative estimate of drug-likeness (QED) is 0.280. The number of cyclic esters (lactones) is 1. The molecule has 0 atom stereocenters. The second kappa shape index (κ2) is 8.96. The van der Waals surface area contributed by atoms with Gasteiger partial charge < -0.3 is 4.74 Å². The van der Waals surface area contributed by atoms with Crippen molar-refractivity contribution in [1.29, 1.82) is 0 Å². The summed E-state index contributed by atoms with van der Waals surface area (Å²) in [7, 11) is -3.35. The number of fused-ring (bicyclic) bond motifs is 1. The molecule has 1 aliphatic rings. The number of hydrogen-bond donors (Lipinski definition) is 0. The highest BCUT2D eigenvalue weighted by Crippen LogP contribution is 2.45. The number of carbonyl (C=O) groups is 1. The molecule has 0 saturated heterocycles. The van der Waals surface area contributed by atoms with Crippen LogP contribution in [0.15, 0.2) is 83.9 Å². The minimum absolute atomic E-state index is 0.204. The molecule has 188 valence electrons. The molecule has 4 aromatic rings. The zero-order chi connectivity index (χ0) is 26.5. The molecule has 0 spiro atoms. The molecule has 0 fully saturated rings. The van der Waals surface area contributed by atoms with Gasteiger partial charge in [0.25, 0.3) is 0 Å². The van der Waals surface area contributed by atoms with Crippen LogP contribution < -0.4 is 0 Å². The lowest BCUT2D eigenvalue weighted by Crippen LogP contribution is -2.22. The Kier molecular flexibility index (Phi) is 6.03. The Morgan fingerprint density at radius 3 is 2.24 bits per heavy atom. The molecule has 3 aromatic carbocycles. The molecule has 0 radical (unpaired) electrons. The molecule has 1 aliphatic heterocycles. The molecule has 0 saturated carbocycles. The zero-order valence-corrected chi connectivity index (χ0v) is 22.4. The van der Waals surface area contributed by atoms with Crippen LogP contribution in [0.2, 0.25) is 0 Å². The molecule has 6 heteroatoms. The number of ether oxygens (including phenoxy) is 1. The zero-order valence-electron chi connectivity index (χ0n) is 21.6. The van der Waals surface area contributed by atoms with Gasteiger partial charge in [0.05, 0.1) is 16.0 Å². The molecule has 0 aliphatic carbocycles. The fourth-order valence-corrected chi connectivity index (χ4v) is 5.60. The van der Waals surface area contributed by atoms with Crippen molar-refractivity contribution in [3.63, 3.8) is 0 Å². The number of rotatable bonds is 5. The average molecular weight is 512 g/mol. The van der Waals surface area contributed by atoms with Gasteiger partial charge in [0, 0.05) is 29.0 Å². The SMILES string of the molecule is CC(C)c1cc(-c2cccc(C3=C(c4ccc(S(C)(=O)=O)cc4)C(=O)OC3(C)C)c2)c2ncccc2c1. The number of carbonyl (C=O) groups excluding carboxylic acids is 1. The molecular formula is C31H29NO4S. The molecule has 0 N–H and O–H groups in total. The normalized spacial score (nSPS) is 15.5. The Balaban J connectivity index is 1.71. The molecule has 5 rings (SSSR count). The van der Waals surface area contributed by atoms with E-state index in [9.17, 15) is 13.2 Å². The van der Waals surface area contributed by atoms with Crippen LogP contribution in [0.25, 0.3) is 33.2 Å². The van der Waals surface area contributed by atoms with E-state index in [1.807, 2.05) is 32.0 Å². The van der Waals surface area contributed by atoms with Crippen molar-refractivity contribution in [2.24, 2.45) is 0 Å². The summed E-state index contributed by atoms with van der Waals surface area (Å²) in [6.45, 7) is 8.10. The van der Waals surface area contributed by atoms with Gasteiger partial charge in [-0.15, -0.1) is 0 Å². The minimum atomic E-state index is -3.35. The maximum atomic E-state index is 13.1. The summed E-state index contributed by atoms with van der Waals surface area (Å²) in [6, 6.07) is 22.9. The number of nitrogens with zero attached hydrogens (tertiary/aromatic N) is 1. The molecule has 5 nitrogen and oxygen atoms in total. The van der Waals surface area contributed by atoms with E-state index in [1.54, 1.807) is 18.3 Å². The van der Waals surface area contributed by atoms with Gasteiger partial charge in [-0.2, -0.15) is 0 Å². The van der Waals surface area contributed by atoms with Gasteiger partial charge in [-0.3, -0.25) is 4.98 Å². The number of pyridine rings is 1. The van der Waals surface area contributed by atoms with Crippen LogP contribution in [0.3, 0.4) is 0 Å². The van der Waals surface area contributed by atoms with E-state index in [-0.39, 0.29) is 4.90 Å². The number of aromatic nitrogens is 1. The first-order valence-electron chi connectivity index (χ1n) is 12.2. The first-order chi connectivity index (χ1) is 17.5. The highest BCUT2D eigenvalue weighted by atomic mass is 32.2. The summed E-state index contributed by atoms with van der Waals surface area (Å²) in [4.78, 5) is 18.0. The third-order valence-electron chi connectivity index (χ3n) is 6.83. The van der Waals surface area contributed by atoms with Crippen molar-refractivity contribution < 1.29 is 17.9 Å². The van der Waals surface area contributed by atoms with Gasteiger partial charge >= 0.3 is 5.97 Å². The summed E-state index contributed by atoms with van der Waals surface area (Å²) < 4.78 is 29.7. The van der Waals surface area contributed by atoms with Gasteiger partial charge in [0.1, 0.15) is 5.60 Å². The van der Waals surface area contributed by atoms with Gasteiger partial charge in [-0.05, 0) is 78.4 Å². The second-order valence-corrected chi connectivity index (χ2v) is 12.3. The standard InChI is InChI=1S/C31H29NO4S/c1-19(2)24-17-23-10-7-15-32-29(23)26(18-24)21-8-6-9-22(16-21)28-27(30(33)36-31(28,3)4)20-11-13-25(14-12-20)37(5,34)35/h6-19H,1-5H3. The van der Waals surface area contributed by atoms with Crippen LogP contribution in [0.5, 0.6) is 0 Å². The van der Waals surface area contributed by atoms with E-state index in [0.29, 0.717) is 17.1 Å². The molecule has 1 aromatic heterocycles. The van der Waals surface area contributed by atoms with Crippen LogP contribution in [-0.4, -0.2) is 31.2 Å². The van der Waals surface area contributed by atoms with E-state index in [1.165, 1.54) is 17.7 Å². The Hall–Kier alpha value is -3.77. The lowest BCUT2D eigenvalue weighted by molar-refractivity contribution is -0.141.